The van der Waals surface area contributed by atoms with E-state index in [1.807, 2.05) is 0 Å². The number of hydrogen-bond donors (Lipinski definition) is 1. The Morgan fingerprint density at radius 1 is 0.441 bits per heavy atom. The first-order valence-electron chi connectivity index (χ1n) is 12.4. The average molecular weight is 450 g/mol. The van der Waals surface area contributed by atoms with Crippen LogP contribution in [-0.4, -0.2) is 36.2 Å². The summed E-state index contributed by atoms with van der Waals surface area (Å²) in [6, 6.07) is 43.2. The molecule has 0 aromatic heterocycles. The number of rotatable bonds is 12. The molecule has 0 radical (unpaired) electrons. The zero-order chi connectivity index (χ0) is 23.4. The lowest BCUT2D eigenvalue weighted by Crippen LogP contribution is -2.31. The van der Waals surface area contributed by atoms with E-state index < -0.39 is 0 Å². The van der Waals surface area contributed by atoms with Crippen LogP contribution in [0.1, 0.15) is 46.9 Å². The number of nitrogens with zero attached hydrogens (tertiary/aromatic N) is 1. The summed E-state index contributed by atoms with van der Waals surface area (Å²) in [5, 5.41) is 9.79. The van der Waals surface area contributed by atoms with E-state index in [1.165, 1.54) is 22.3 Å². The molecule has 4 aromatic rings. The van der Waals surface area contributed by atoms with E-state index in [1.54, 1.807) is 0 Å². The zero-order valence-electron chi connectivity index (χ0n) is 19.8. The maximum Gasteiger partial charge on any atom is 0.0558 e. The van der Waals surface area contributed by atoms with Crippen molar-refractivity contribution in [2.75, 3.05) is 26.2 Å². The molecule has 0 heterocycles. The summed E-state index contributed by atoms with van der Waals surface area (Å²) >= 11 is 0. The predicted octanol–water partition coefficient (Wildman–Crippen LogP) is 6.73. The van der Waals surface area contributed by atoms with Crippen LogP contribution in [0.4, 0.5) is 0 Å². The Morgan fingerprint density at radius 3 is 1.00 bits per heavy atom. The van der Waals surface area contributed by atoms with Gasteiger partial charge in [0.15, 0.2) is 0 Å². The summed E-state index contributed by atoms with van der Waals surface area (Å²) in [7, 11) is 0. The van der Waals surface area contributed by atoms with Crippen molar-refractivity contribution < 1.29 is 5.11 Å². The molecule has 0 unspecified atom stereocenters. The monoisotopic (exact) mass is 449 g/mol. The second-order valence-electron chi connectivity index (χ2n) is 8.89. The number of aliphatic hydroxyl groups is 1. The third kappa shape index (κ3) is 6.66. The molecule has 0 spiro atoms. The molecular weight excluding hydrogens is 414 g/mol. The molecule has 0 fully saturated rings. The van der Waals surface area contributed by atoms with Gasteiger partial charge >= 0.3 is 0 Å². The van der Waals surface area contributed by atoms with Gasteiger partial charge in [-0.05, 0) is 48.2 Å². The largest absolute Gasteiger partial charge is 0.395 e. The lowest BCUT2D eigenvalue weighted by molar-refractivity contribution is 0.189. The highest BCUT2D eigenvalue weighted by Crippen LogP contribution is 2.30. The van der Waals surface area contributed by atoms with Crippen LogP contribution in [0.3, 0.4) is 0 Å². The van der Waals surface area contributed by atoms with Crippen molar-refractivity contribution in [3.8, 4) is 0 Å². The molecule has 1 N–H and O–H groups in total. The molecule has 2 nitrogen and oxygen atoms in total. The maximum absolute atomic E-state index is 9.79. The minimum atomic E-state index is 0.183. The second kappa shape index (κ2) is 12.9. The molecule has 34 heavy (non-hydrogen) atoms. The van der Waals surface area contributed by atoms with Crippen molar-refractivity contribution in [1.29, 1.82) is 0 Å². The van der Waals surface area contributed by atoms with Crippen LogP contribution in [0.2, 0.25) is 0 Å². The molecule has 0 aliphatic carbocycles. The fourth-order valence-electron chi connectivity index (χ4n) is 4.89. The van der Waals surface area contributed by atoms with Crippen LogP contribution in [-0.2, 0) is 0 Å². The maximum atomic E-state index is 9.79. The summed E-state index contributed by atoms with van der Waals surface area (Å²) in [4.78, 5) is 2.43. The Bertz CT molecular complexity index is 901. The molecule has 2 heteroatoms. The molecule has 0 amide bonds. The Morgan fingerprint density at radius 2 is 0.735 bits per heavy atom. The Labute approximate surface area is 204 Å². The molecule has 4 rings (SSSR count). The predicted molar refractivity (Wildman–Crippen MR) is 142 cm³/mol. The van der Waals surface area contributed by atoms with E-state index in [0.29, 0.717) is 18.4 Å². The van der Waals surface area contributed by atoms with Crippen molar-refractivity contribution in [3.05, 3.63) is 144 Å². The normalized spacial score (nSPS) is 11.4. The van der Waals surface area contributed by atoms with Gasteiger partial charge in [-0.1, -0.05) is 121 Å². The van der Waals surface area contributed by atoms with Crippen LogP contribution >= 0.6 is 0 Å². The Balaban J connectivity index is 1.48. The number of hydrogen-bond acceptors (Lipinski definition) is 2. The van der Waals surface area contributed by atoms with Gasteiger partial charge in [-0.15, -0.1) is 0 Å². The lowest BCUT2D eigenvalue weighted by atomic mass is 9.87. The first kappa shape index (κ1) is 23.9. The topological polar surface area (TPSA) is 23.5 Å². The minimum absolute atomic E-state index is 0.183. The van der Waals surface area contributed by atoms with Gasteiger partial charge in [-0.25, -0.2) is 0 Å². The van der Waals surface area contributed by atoms with Gasteiger partial charge in [0.1, 0.15) is 0 Å². The zero-order valence-corrected chi connectivity index (χ0v) is 19.8. The van der Waals surface area contributed by atoms with E-state index >= 15 is 0 Å². The fourth-order valence-corrected chi connectivity index (χ4v) is 4.89. The van der Waals surface area contributed by atoms with Gasteiger partial charge in [0.05, 0.1) is 6.61 Å². The van der Waals surface area contributed by atoms with Gasteiger partial charge in [0.25, 0.3) is 0 Å². The molecule has 0 aliphatic heterocycles. The van der Waals surface area contributed by atoms with E-state index in [4.69, 9.17) is 0 Å². The van der Waals surface area contributed by atoms with Gasteiger partial charge in [-0.2, -0.15) is 0 Å². The van der Waals surface area contributed by atoms with Gasteiger partial charge in [-0.3, -0.25) is 0 Å². The summed E-state index contributed by atoms with van der Waals surface area (Å²) in [5.41, 5.74) is 5.40. The van der Waals surface area contributed by atoms with Crippen molar-refractivity contribution >= 4 is 0 Å². The average Bonchev–Trinajstić information content (AvgIpc) is 2.91. The van der Waals surface area contributed by atoms with Crippen molar-refractivity contribution in [2.24, 2.45) is 0 Å². The highest BCUT2D eigenvalue weighted by atomic mass is 16.3. The van der Waals surface area contributed by atoms with Crippen LogP contribution in [0.25, 0.3) is 0 Å². The Hall–Kier alpha value is -3.20. The second-order valence-corrected chi connectivity index (χ2v) is 8.89. The molecule has 0 saturated heterocycles. The molecule has 0 saturated carbocycles. The van der Waals surface area contributed by atoms with Crippen LogP contribution in [0, 0.1) is 0 Å². The summed E-state index contributed by atoms with van der Waals surface area (Å²) in [6.45, 7) is 2.78. The van der Waals surface area contributed by atoms with Gasteiger partial charge in [0.2, 0.25) is 0 Å². The van der Waals surface area contributed by atoms with E-state index in [9.17, 15) is 5.11 Å². The fraction of sp³-hybridized carbons (Fsp3) is 0.250. The summed E-state index contributed by atoms with van der Waals surface area (Å²) in [6.07, 6.45) is 2.05. The SMILES string of the molecule is OCCN(CCC(c1ccccc1)c1ccccc1)CCC(c1ccccc1)c1ccccc1. The van der Waals surface area contributed by atoms with E-state index in [2.05, 4.69) is 126 Å². The molecular formula is C32H35NO. The molecule has 0 atom stereocenters. The van der Waals surface area contributed by atoms with Crippen LogP contribution in [0.5, 0.6) is 0 Å². The van der Waals surface area contributed by atoms with E-state index in [0.717, 1.165) is 25.9 Å². The summed E-state index contributed by atoms with van der Waals surface area (Å²) in [5.74, 6) is 0.699. The standard InChI is InChI=1S/C32H35NO/c34-26-25-33(23-21-31(27-13-5-1-6-14-27)28-15-7-2-8-16-28)24-22-32(29-17-9-3-10-18-29)30-19-11-4-12-20-30/h1-20,31-32,34H,21-26H2. The molecule has 0 bridgehead atoms. The van der Waals surface area contributed by atoms with Crippen LogP contribution in [0.15, 0.2) is 121 Å². The highest BCUT2D eigenvalue weighted by Gasteiger charge is 2.18. The van der Waals surface area contributed by atoms with E-state index in [-0.39, 0.29) is 6.61 Å². The number of benzene rings is 4. The smallest absolute Gasteiger partial charge is 0.0558 e. The third-order valence-corrected chi connectivity index (χ3v) is 6.69. The molecule has 0 aliphatic rings. The lowest BCUT2D eigenvalue weighted by Gasteiger charge is -2.27. The quantitative estimate of drug-likeness (QED) is 0.259. The summed E-state index contributed by atoms with van der Waals surface area (Å²) < 4.78 is 0. The number of aliphatic hydroxyl groups excluding tert-OH is 1. The highest BCUT2D eigenvalue weighted by molar-refractivity contribution is 5.33. The van der Waals surface area contributed by atoms with Gasteiger partial charge in [0, 0.05) is 18.4 Å². The first-order chi connectivity index (χ1) is 16.8. The Kier molecular flexibility index (Phi) is 9.07. The first-order valence-corrected chi connectivity index (χ1v) is 12.4. The molecule has 4 aromatic carbocycles. The van der Waals surface area contributed by atoms with Crippen molar-refractivity contribution in [3.63, 3.8) is 0 Å². The van der Waals surface area contributed by atoms with Crippen molar-refractivity contribution in [1.82, 2.24) is 4.90 Å². The minimum Gasteiger partial charge on any atom is -0.395 e. The van der Waals surface area contributed by atoms with Crippen LogP contribution < -0.4 is 0 Å². The molecule has 174 valence electrons. The third-order valence-electron chi connectivity index (χ3n) is 6.69. The van der Waals surface area contributed by atoms with Gasteiger partial charge < -0.3 is 10.0 Å². The van der Waals surface area contributed by atoms with Crippen molar-refractivity contribution in [2.45, 2.75) is 24.7 Å².